The molecule has 0 radical (unpaired) electrons. The van der Waals surface area contributed by atoms with E-state index >= 15 is 0 Å². The van der Waals surface area contributed by atoms with E-state index in [0.717, 1.165) is 25.1 Å². The Morgan fingerprint density at radius 3 is 2.80 bits per heavy atom. The number of fused-ring (bicyclic) bond motifs is 1. The van der Waals surface area contributed by atoms with E-state index in [-0.39, 0.29) is 12.1 Å². The van der Waals surface area contributed by atoms with Crippen molar-refractivity contribution < 1.29 is 14.2 Å². The second-order valence-electron chi connectivity index (χ2n) is 5.04. The maximum Gasteiger partial charge on any atom is 0.119 e. The zero-order valence-electron chi connectivity index (χ0n) is 12.6. The first-order chi connectivity index (χ1) is 9.80. The van der Waals surface area contributed by atoms with Crippen LogP contribution in [0.25, 0.3) is 0 Å². The van der Waals surface area contributed by atoms with E-state index in [1.54, 1.807) is 14.2 Å². The maximum absolute atomic E-state index is 5.98. The van der Waals surface area contributed by atoms with Crippen LogP contribution in [0, 0.1) is 0 Å². The smallest absolute Gasteiger partial charge is 0.119 e. The summed E-state index contributed by atoms with van der Waals surface area (Å²) in [5.74, 6) is 0.928. The van der Waals surface area contributed by atoms with Gasteiger partial charge in [0, 0.05) is 7.11 Å². The molecule has 4 heteroatoms. The number of likely N-dealkylation sites (N-methyl/N-ethyl adjacent to an activating group) is 1. The summed E-state index contributed by atoms with van der Waals surface area (Å²) in [5, 5.41) is 3.55. The van der Waals surface area contributed by atoms with E-state index in [4.69, 9.17) is 14.2 Å². The number of methoxy groups -OCH3 is 2. The Labute approximate surface area is 121 Å². The van der Waals surface area contributed by atoms with Gasteiger partial charge in [-0.05, 0) is 42.6 Å². The minimum absolute atomic E-state index is 0.214. The van der Waals surface area contributed by atoms with Crippen LogP contribution in [0.2, 0.25) is 0 Å². The zero-order chi connectivity index (χ0) is 14.4. The first kappa shape index (κ1) is 15.3. The average molecular weight is 279 g/mol. The largest absolute Gasteiger partial charge is 0.497 e. The van der Waals surface area contributed by atoms with Crippen LogP contribution in [0.3, 0.4) is 0 Å². The second kappa shape index (κ2) is 7.62. The normalized spacial score (nSPS) is 21.6. The highest BCUT2D eigenvalue weighted by Crippen LogP contribution is 2.34. The molecule has 0 bridgehead atoms. The lowest BCUT2D eigenvalue weighted by molar-refractivity contribution is -0.00982. The van der Waals surface area contributed by atoms with Gasteiger partial charge in [-0.15, -0.1) is 0 Å². The van der Waals surface area contributed by atoms with E-state index in [1.807, 2.05) is 6.07 Å². The van der Waals surface area contributed by atoms with Crippen LogP contribution in [0.5, 0.6) is 5.75 Å². The Balaban J connectivity index is 2.14. The number of hydrogen-bond donors (Lipinski definition) is 1. The van der Waals surface area contributed by atoms with Gasteiger partial charge in [0.05, 0.1) is 32.5 Å². The van der Waals surface area contributed by atoms with Crippen molar-refractivity contribution in [3.63, 3.8) is 0 Å². The Morgan fingerprint density at radius 2 is 2.10 bits per heavy atom. The Morgan fingerprint density at radius 1 is 1.25 bits per heavy atom. The molecule has 1 aromatic rings. The molecule has 0 aliphatic heterocycles. The van der Waals surface area contributed by atoms with Crippen molar-refractivity contribution in [1.29, 1.82) is 0 Å². The third kappa shape index (κ3) is 3.51. The molecular formula is C16H25NO3. The molecule has 1 aromatic carbocycles. The number of nitrogens with one attached hydrogen (secondary N) is 1. The number of rotatable bonds is 7. The molecule has 2 unspecified atom stereocenters. The van der Waals surface area contributed by atoms with Gasteiger partial charge in [-0.2, -0.15) is 0 Å². The minimum Gasteiger partial charge on any atom is -0.497 e. The Hall–Kier alpha value is -1.10. The summed E-state index contributed by atoms with van der Waals surface area (Å²) in [4.78, 5) is 0. The van der Waals surface area contributed by atoms with Crippen molar-refractivity contribution in [2.75, 3.05) is 34.0 Å². The van der Waals surface area contributed by atoms with E-state index in [1.165, 1.54) is 11.1 Å². The van der Waals surface area contributed by atoms with Gasteiger partial charge in [0.15, 0.2) is 0 Å². The molecule has 1 N–H and O–H groups in total. The molecular weight excluding hydrogens is 254 g/mol. The highest BCUT2D eigenvalue weighted by Gasteiger charge is 2.29. The predicted octanol–water partition coefficient (Wildman–Crippen LogP) is 2.32. The van der Waals surface area contributed by atoms with Crippen molar-refractivity contribution in [1.82, 2.24) is 5.32 Å². The number of hydrogen-bond acceptors (Lipinski definition) is 4. The quantitative estimate of drug-likeness (QED) is 0.778. The fourth-order valence-electron chi connectivity index (χ4n) is 2.82. The number of ether oxygens (including phenoxy) is 3. The summed E-state index contributed by atoms with van der Waals surface area (Å²) >= 11 is 0. The molecule has 0 fully saturated rings. The van der Waals surface area contributed by atoms with Crippen molar-refractivity contribution in [2.45, 2.75) is 31.9 Å². The summed E-state index contributed by atoms with van der Waals surface area (Å²) in [6, 6.07) is 6.59. The third-order valence-electron chi connectivity index (χ3n) is 3.80. The lowest BCUT2D eigenvalue weighted by atomic mass is 9.85. The SMILES string of the molecule is CCNC1c2ccc(OC)cc2CCC1OCCOC. The predicted molar refractivity (Wildman–Crippen MR) is 79.3 cm³/mol. The van der Waals surface area contributed by atoms with Crippen LogP contribution >= 0.6 is 0 Å². The Bertz CT molecular complexity index is 422. The van der Waals surface area contributed by atoms with Crippen LogP contribution < -0.4 is 10.1 Å². The monoisotopic (exact) mass is 279 g/mol. The lowest BCUT2D eigenvalue weighted by Crippen LogP contribution is -2.38. The van der Waals surface area contributed by atoms with Gasteiger partial charge in [-0.1, -0.05) is 13.0 Å². The van der Waals surface area contributed by atoms with E-state index in [0.29, 0.717) is 13.2 Å². The summed E-state index contributed by atoms with van der Waals surface area (Å²) in [5.41, 5.74) is 2.70. The molecule has 0 spiro atoms. The van der Waals surface area contributed by atoms with Gasteiger partial charge in [-0.3, -0.25) is 0 Å². The summed E-state index contributed by atoms with van der Waals surface area (Å²) in [6.45, 7) is 4.35. The fourth-order valence-corrected chi connectivity index (χ4v) is 2.82. The van der Waals surface area contributed by atoms with Crippen LogP contribution in [-0.4, -0.2) is 40.1 Å². The molecule has 112 valence electrons. The number of benzene rings is 1. The molecule has 2 rings (SSSR count). The van der Waals surface area contributed by atoms with Gasteiger partial charge in [0.25, 0.3) is 0 Å². The van der Waals surface area contributed by atoms with Gasteiger partial charge >= 0.3 is 0 Å². The molecule has 20 heavy (non-hydrogen) atoms. The molecule has 1 aliphatic rings. The summed E-state index contributed by atoms with van der Waals surface area (Å²) < 4.78 is 16.4. The highest BCUT2D eigenvalue weighted by molar-refractivity contribution is 5.39. The molecule has 0 amide bonds. The van der Waals surface area contributed by atoms with E-state index in [2.05, 4.69) is 24.4 Å². The topological polar surface area (TPSA) is 39.7 Å². The molecule has 0 saturated carbocycles. The van der Waals surface area contributed by atoms with Gasteiger partial charge in [-0.25, -0.2) is 0 Å². The lowest BCUT2D eigenvalue weighted by Gasteiger charge is -2.34. The molecule has 0 heterocycles. The third-order valence-corrected chi connectivity index (χ3v) is 3.80. The molecule has 1 aliphatic carbocycles. The van der Waals surface area contributed by atoms with Crippen LogP contribution in [-0.2, 0) is 15.9 Å². The second-order valence-corrected chi connectivity index (χ2v) is 5.04. The molecule has 0 saturated heterocycles. The van der Waals surface area contributed by atoms with E-state index < -0.39 is 0 Å². The van der Waals surface area contributed by atoms with Crippen LogP contribution in [0.15, 0.2) is 18.2 Å². The fraction of sp³-hybridized carbons (Fsp3) is 0.625. The molecule has 2 atom stereocenters. The van der Waals surface area contributed by atoms with Crippen molar-refractivity contribution in [3.05, 3.63) is 29.3 Å². The maximum atomic E-state index is 5.98. The van der Waals surface area contributed by atoms with Crippen molar-refractivity contribution in [2.24, 2.45) is 0 Å². The van der Waals surface area contributed by atoms with Crippen molar-refractivity contribution >= 4 is 0 Å². The van der Waals surface area contributed by atoms with Gasteiger partial charge < -0.3 is 19.5 Å². The average Bonchev–Trinajstić information content (AvgIpc) is 2.49. The molecule has 0 aromatic heterocycles. The highest BCUT2D eigenvalue weighted by atomic mass is 16.5. The summed E-state index contributed by atoms with van der Waals surface area (Å²) in [6.07, 6.45) is 2.28. The van der Waals surface area contributed by atoms with Crippen LogP contribution in [0.4, 0.5) is 0 Å². The first-order valence-corrected chi connectivity index (χ1v) is 7.30. The summed E-state index contributed by atoms with van der Waals surface area (Å²) in [7, 11) is 3.41. The van der Waals surface area contributed by atoms with Gasteiger partial charge in [0.2, 0.25) is 0 Å². The van der Waals surface area contributed by atoms with E-state index in [9.17, 15) is 0 Å². The van der Waals surface area contributed by atoms with Crippen LogP contribution in [0.1, 0.15) is 30.5 Å². The van der Waals surface area contributed by atoms with Gasteiger partial charge in [0.1, 0.15) is 5.75 Å². The molecule has 4 nitrogen and oxygen atoms in total. The Kier molecular flexibility index (Phi) is 5.83. The minimum atomic E-state index is 0.214. The standard InChI is InChI=1S/C16H25NO3/c1-4-17-16-14-7-6-13(19-3)11-12(14)5-8-15(16)20-10-9-18-2/h6-7,11,15-17H,4-5,8-10H2,1-3H3. The van der Waals surface area contributed by atoms with Crippen molar-refractivity contribution in [3.8, 4) is 5.75 Å². The first-order valence-electron chi connectivity index (χ1n) is 7.30. The zero-order valence-corrected chi connectivity index (χ0v) is 12.6. The number of aryl methyl sites for hydroxylation is 1.